The van der Waals surface area contributed by atoms with Crippen LogP contribution in [0.5, 0.6) is 0 Å². The van der Waals surface area contributed by atoms with Crippen molar-refractivity contribution < 1.29 is 8.73 Å². The summed E-state index contributed by atoms with van der Waals surface area (Å²) < 4.78 is 20.0. The minimum atomic E-state index is -0.993. The van der Waals surface area contributed by atoms with Crippen molar-refractivity contribution in [3.05, 3.63) is 69.7 Å². The third-order valence-corrected chi connectivity index (χ3v) is 8.34. The van der Waals surface area contributed by atoms with E-state index in [0.717, 1.165) is 47.9 Å². The summed E-state index contributed by atoms with van der Waals surface area (Å²) in [5.41, 5.74) is 1.28. The van der Waals surface area contributed by atoms with Gasteiger partial charge in [0, 0.05) is 22.1 Å². The van der Waals surface area contributed by atoms with Crippen molar-refractivity contribution in [1.82, 2.24) is 9.72 Å². The smallest absolute Gasteiger partial charge is 0.264 e. The van der Waals surface area contributed by atoms with Crippen LogP contribution < -0.4 is 5.56 Å². The third kappa shape index (κ3) is 3.80. The minimum absolute atomic E-state index is 0.0629. The summed E-state index contributed by atoms with van der Waals surface area (Å²) in [5, 5.41) is 5.99. The summed E-state index contributed by atoms with van der Waals surface area (Å²) in [6, 6.07) is 15.4. The Bertz CT molecular complexity index is 1360. The van der Waals surface area contributed by atoms with E-state index in [9.17, 15) is 9.00 Å². The number of nitrogens with zero attached hydrogens (tertiary/aromatic N) is 2. The van der Waals surface area contributed by atoms with Gasteiger partial charge in [0.25, 0.3) is 5.56 Å². The van der Waals surface area contributed by atoms with E-state index in [1.165, 1.54) is 0 Å². The molecule has 166 valence electrons. The Morgan fingerprint density at radius 2 is 1.94 bits per heavy atom. The molecular formula is C25H25ClN2O3S. The highest BCUT2D eigenvalue weighted by molar-refractivity contribution is 7.85. The number of aromatic nitrogens is 2. The Morgan fingerprint density at radius 3 is 2.75 bits per heavy atom. The van der Waals surface area contributed by atoms with Gasteiger partial charge in [-0.1, -0.05) is 53.9 Å². The molecule has 2 heterocycles. The number of benzene rings is 2. The summed E-state index contributed by atoms with van der Waals surface area (Å²) in [6.07, 6.45) is 4.87. The molecule has 0 radical (unpaired) electrons. The maximum atomic E-state index is 13.6. The average Bonchev–Trinajstić information content (AvgIpc) is 3.20. The van der Waals surface area contributed by atoms with E-state index in [0.29, 0.717) is 33.4 Å². The van der Waals surface area contributed by atoms with Crippen molar-refractivity contribution in [3.63, 3.8) is 0 Å². The second-order valence-corrected chi connectivity index (χ2v) is 10.6. The number of pyridine rings is 1. The predicted octanol–water partition coefficient (Wildman–Crippen LogP) is 6.03. The number of rotatable bonds is 5. The van der Waals surface area contributed by atoms with Crippen LogP contribution in [-0.4, -0.2) is 19.7 Å². The van der Waals surface area contributed by atoms with Gasteiger partial charge in [-0.15, -0.1) is 0 Å². The molecule has 0 aliphatic heterocycles. The van der Waals surface area contributed by atoms with E-state index >= 15 is 0 Å². The fourth-order valence-electron chi connectivity index (χ4n) is 5.06. The molecule has 1 fully saturated rings. The van der Waals surface area contributed by atoms with Crippen molar-refractivity contribution >= 4 is 44.2 Å². The maximum absolute atomic E-state index is 13.6. The van der Waals surface area contributed by atoms with Crippen molar-refractivity contribution in [1.29, 1.82) is 0 Å². The lowest BCUT2D eigenvalue weighted by atomic mass is 9.83. The van der Waals surface area contributed by atoms with Crippen LogP contribution in [0.15, 0.2) is 62.7 Å². The standard InChI is InChI=1S/C25H25ClN2O3S/c1-16-22-24(27-31-16)23-20(26)11-6-12-21(23)28(25(22)29)18-8-5-7-17(15-18)13-14-32(30)19-9-3-2-4-10-19/h2-4,6,9-12,17-18H,5,7-8,13-15H2,1H3. The van der Waals surface area contributed by atoms with Gasteiger partial charge in [0.15, 0.2) is 0 Å². The van der Waals surface area contributed by atoms with Crippen molar-refractivity contribution in [2.75, 3.05) is 5.75 Å². The van der Waals surface area contributed by atoms with Crippen LogP contribution in [-0.2, 0) is 10.8 Å². The molecule has 7 heteroatoms. The number of aryl methyl sites for hydroxylation is 1. The number of hydrogen-bond acceptors (Lipinski definition) is 4. The Hall–Kier alpha value is -2.44. The summed E-state index contributed by atoms with van der Waals surface area (Å²) in [5.74, 6) is 1.60. The highest BCUT2D eigenvalue weighted by atomic mass is 35.5. The topological polar surface area (TPSA) is 65.1 Å². The Morgan fingerprint density at radius 1 is 1.12 bits per heavy atom. The molecule has 1 aliphatic carbocycles. The zero-order chi connectivity index (χ0) is 22.2. The van der Waals surface area contributed by atoms with E-state index < -0.39 is 10.8 Å². The summed E-state index contributed by atoms with van der Waals surface area (Å²) in [4.78, 5) is 14.4. The second-order valence-electron chi connectivity index (χ2n) is 8.61. The second kappa shape index (κ2) is 8.83. The van der Waals surface area contributed by atoms with Crippen LogP contribution >= 0.6 is 11.6 Å². The van der Waals surface area contributed by atoms with Gasteiger partial charge in [-0.05, 0) is 56.4 Å². The van der Waals surface area contributed by atoms with Crippen molar-refractivity contribution in [2.45, 2.75) is 50.0 Å². The Balaban J connectivity index is 1.46. The normalized spacial score (nSPS) is 20.1. The van der Waals surface area contributed by atoms with Crippen LogP contribution in [0, 0.1) is 12.8 Å². The highest BCUT2D eigenvalue weighted by Crippen LogP contribution is 2.38. The maximum Gasteiger partial charge on any atom is 0.264 e. The van der Waals surface area contributed by atoms with Crippen LogP contribution in [0.3, 0.4) is 0 Å². The zero-order valence-corrected chi connectivity index (χ0v) is 19.5. The fraction of sp³-hybridized carbons (Fsp3) is 0.360. The molecule has 0 amide bonds. The lowest BCUT2D eigenvalue weighted by Gasteiger charge is -2.31. The van der Waals surface area contributed by atoms with Crippen molar-refractivity contribution in [3.8, 4) is 0 Å². The van der Waals surface area contributed by atoms with E-state index in [4.69, 9.17) is 16.1 Å². The zero-order valence-electron chi connectivity index (χ0n) is 17.9. The number of fused-ring (bicyclic) bond motifs is 3. The van der Waals surface area contributed by atoms with E-state index in [-0.39, 0.29) is 11.6 Å². The van der Waals surface area contributed by atoms with Crippen LogP contribution in [0.2, 0.25) is 5.02 Å². The van der Waals surface area contributed by atoms with E-state index in [1.807, 2.05) is 53.1 Å². The molecule has 0 saturated heterocycles. The molecule has 3 atom stereocenters. The molecule has 3 unspecified atom stereocenters. The third-order valence-electron chi connectivity index (χ3n) is 6.62. The lowest BCUT2D eigenvalue weighted by molar-refractivity contribution is 0.263. The molecule has 2 aromatic heterocycles. The van der Waals surface area contributed by atoms with Gasteiger partial charge in [-0.25, -0.2) is 0 Å². The lowest BCUT2D eigenvalue weighted by Crippen LogP contribution is -2.29. The molecule has 1 saturated carbocycles. The molecule has 5 nitrogen and oxygen atoms in total. The first-order valence-corrected chi connectivity index (χ1v) is 12.8. The van der Waals surface area contributed by atoms with Crippen LogP contribution in [0.1, 0.15) is 43.9 Å². The molecule has 2 aromatic carbocycles. The van der Waals surface area contributed by atoms with Gasteiger partial charge in [0.05, 0.1) is 21.3 Å². The summed E-state index contributed by atoms with van der Waals surface area (Å²) >= 11 is 6.55. The minimum Gasteiger partial charge on any atom is -0.360 e. The molecule has 4 aromatic rings. The first-order chi connectivity index (χ1) is 15.5. The first kappa shape index (κ1) is 21.4. The molecule has 5 rings (SSSR count). The molecule has 0 spiro atoms. The van der Waals surface area contributed by atoms with Crippen molar-refractivity contribution in [2.24, 2.45) is 5.92 Å². The van der Waals surface area contributed by atoms with Crippen LogP contribution in [0.4, 0.5) is 0 Å². The van der Waals surface area contributed by atoms with Gasteiger partial charge in [0.1, 0.15) is 16.7 Å². The molecule has 1 aliphatic rings. The average molecular weight is 469 g/mol. The molecular weight excluding hydrogens is 444 g/mol. The molecule has 32 heavy (non-hydrogen) atoms. The number of halogens is 1. The van der Waals surface area contributed by atoms with E-state index in [2.05, 4.69) is 5.16 Å². The Kier molecular flexibility index (Phi) is 5.91. The van der Waals surface area contributed by atoms with Gasteiger partial charge < -0.3 is 9.09 Å². The largest absolute Gasteiger partial charge is 0.360 e. The molecule has 0 bridgehead atoms. The monoisotopic (exact) mass is 468 g/mol. The molecule has 0 N–H and O–H groups in total. The van der Waals surface area contributed by atoms with Gasteiger partial charge in [-0.3, -0.25) is 9.00 Å². The number of hydrogen-bond donors (Lipinski definition) is 0. The highest BCUT2D eigenvalue weighted by Gasteiger charge is 2.28. The fourth-order valence-corrected chi connectivity index (χ4v) is 6.56. The Labute approximate surface area is 193 Å². The SMILES string of the molecule is Cc1onc2c1c(=O)n(C1CCCC(CCS(=O)c3ccccc3)C1)c1cccc(Cl)c21. The van der Waals surface area contributed by atoms with E-state index in [1.54, 1.807) is 6.92 Å². The quantitative estimate of drug-likeness (QED) is 0.358. The van der Waals surface area contributed by atoms with Gasteiger partial charge >= 0.3 is 0 Å². The summed E-state index contributed by atoms with van der Waals surface area (Å²) in [6.45, 7) is 1.77. The first-order valence-electron chi connectivity index (χ1n) is 11.1. The predicted molar refractivity (Wildman–Crippen MR) is 129 cm³/mol. The van der Waals surface area contributed by atoms with Gasteiger partial charge in [-0.2, -0.15) is 0 Å². The van der Waals surface area contributed by atoms with Gasteiger partial charge in [0.2, 0.25) is 0 Å². The van der Waals surface area contributed by atoms with Crippen LogP contribution in [0.25, 0.3) is 21.8 Å². The summed E-state index contributed by atoms with van der Waals surface area (Å²) in [7, 11) is -0.993.